The maximum Gasteiger partial charge on any atom is 0.146 e. The second-order valence-electron chi connectivity index (χ2n) is 3.53. The summed E-state index contributed by atoms with van der Waals surface area (Å²) in [6.07, 6.45) is 0. The second kappa shape index (κ2) is 4.23. The zero-order valence-corrected chi connectivity index (χ0v) is 8.89. The van der Waals surface area contributed by atoms with Crippen molar-refractivity contribution in [1.29, 1.82) is 0 Å². The summed E-state index contributed by atoms with van der Waals surface area (Å²) in [6.45, 7) is 0. The third kappa shape index (κ3) is 1.98. The summed E-state index contributed by atoms with van der Waals surface area (Å²) in [7, 11) is 1.78. The lowest BCUT2D eigenvalue weighted by Gasteiger charge is -2.19. The molecule has 0 unspecified atom stereocenters. The van der Waals surface area contributed by atoms with Crippen molar-refractivity contribution < 1.29 is 9.50 Å². The van der Waals surface area contributed by atoms with Crippen LogP contribution in [-0.4, -0.2) is 12.2 Å². The summed E-state index contributed by atoms with van der Waals surface area (Å²) in [6, 6.07) is 13.2. The van der Waals surface area contributed by atoms with Crippen LogP contribution < -0.4 is 4.90 Å². The molecule has 0 radical (unpaired) electrons. The maximum absolute atomic E-state index is 13.5. The van der Waals surface area contributed by atoms with Crippen LogP contribution in [0.2, 0.25) is 0 Å². The van der Waals surface area contributed by atoms with Gasteiger partial charge in [-0.05, 0) is 36.4 Å². The first kappa shape index (κ1) is 10.5. The van der Waals surface area contributed by atoms with Crippen LogP contribution in [0.4, 0.5) is 15.8 Å². The molecule has 3 heteroatoms. The van der Waals surface area contributed by atoms with E-state index in [1.54, 1.807) is 54.4 Å². The average Bonchev–Trinajstić information content (AvgIpc) is 2.30. The highest BCUT2D eigenvalue weighted by molar-refractivity contribution is 5.63. The fourth-order valence-electron chi connectivity index (χ4n) is 1.54. The number of halogens is 1. The molecule has 2 nitrogen and oxygen atoms in total. The molecule has 0 saturated heterocycles. The molecule has 0 aliphatic rings. The first-order chi connectivity index (χ1) is 7.68. The van der Waals surface area contributed by atoms with Gasteiger partial charge in [-0.1, -0.05) is 12.1 Å². The summed E-state index contributed by atoms with van der Waals surface area (Å²) >= 11 is 0. The smallest absolute Gasteiger partial charge is 0.146 e. The molecule has 0 fully saturated rings. The van der Waals surface area contributed by atoms with Crippen LogP contribution in [0.15, 0.2) is 48.5 Å². The van der Waals surface area contributed by atoms with Crippen molar-refractivity contribution in [2.24, 2.45) is 0 Å². The summed E-state index contributed by atoms with van der Waals surface area (Å²) < 4.78 is 13.5. The molecule has 0 heterocycles. The number of nitrogens with zero attached hydrogens (tertiary/aromatic N) is 1. The van der Waals surface area contributed by atoms with Gasteiger partial charge in [-0.25, -0.2) is 4.39 Å². The number of aromatic hydroxyl groups is 1. The van der Waals surface area contributed by atoms with Crippen LogP contribution in [-0.2, 0) is 0 Å². The molecule has 2 rings (SSSR count). The van der Waals surface area contributed by atoms with Gasteiger partial charge >= 0.3 is 0 Å². The van der Waals surface area contributed by atoms with Crippen molar-refractivity contribution >= 4 is 11.4 Å². The van der Waals surface area contributed by atoms with Crippen molar-refractivity contribution in [2.75, 3.05) is 11.9 Å². The van der Waals surface area contributed by atoms with Gasteiger partial charge in [0.15, 0.2) is 0 Å². The standard InChI is InChI=1S/C13H12FNO/c1-15(10-6-8-11(16)9-7-10)13-5-3-2-4-12(13)14/h2-9,16H,1H3. The van der Waals surface area contributed by atoms with Gasteiger partial charge in [0, 0.05) is 12.7 Å². The zero-order chi connectivity index (χ0) is 11.5. The SMILES string of the molecule is CN(c1ccc(O)cc1)c1ccccc1F. The molecule has 2 aromatic rings. The van der Waals surface area contributed by atoms with E-state index in [9.17, 15) is 9.50 Å². The minimum Gasteiger partial charge on any atom is -0.508 e. The quantitative estimate of drug-likeness (QED) is 0.834. The van der Waals surface area contributed by atoms with Crippen LogP contribution in [0.25, 0.3) is 0 Å². The summed E-state index contributed by atoms with van der Waals surface area (Å²) in [4.78, 5) is 1.73. The summed E-state index contributed by atoms with van der Waals surface area (Å²) in [5.41, 5.74) is 1.33. The molecule has 0 bridgehead atoms. The Morgan fingerprint density at radius 1 is 1.00 bits per heavy atom. The average molecular weight is 217 g/mol. The van der Waals surface area contributed by atoms with Crippen molar-refractivity contribution in [2.45, 2.75) is 0 Å². The number of hydrogen-bond donors (Lipinski definition) is 1. The lowest BCUT2D eigenvalue weighted by molar-refractivity contribution is 0.475. The van der Waals surface area contributed by atoms with E-state index in [2.05, 4.69) is 0 Å². The predicted octanol–water partition coefficient (Wildman–Crippen LogP) is 3.30. The minimum absolute atomic E-state index is 0.200. The van der Waals surface area contributed by atoms with Gasteiger partial charge in [0.1, 0.15) is 11.6 Å². The Morgan fingerprint density at radius 2 is 1.62 bits per heavy atom. The van der Waals surface area contributed by atoms with Crippen LogP contribution in [0.5, 0.6) is 5.75 Å². The van der Waals surface area contributed by atoms with E-state index in [0.29, 0.717) is 5.69 Å². The third-order valence-electron chi connectivity index (χ3n) is 2.45. The highest BCUT2D eigenvalue weighted by atomic mass is 19.1. The van der Waals surface area contributed by atoms with Crippen molar-refractivity contribution in [1.82, 2.24) is 0 Å². The molecule has 82 valence electrons. The first-order valence-electron chi connectivity index (χ1n) is 4.96. The maximum atomic E-state index is 13.5. The van der Waals surface area contributed by atoms with Crippen LogP contribution in [0.3, 0.4) is 0 Å². The van der Waals surface area contributed by atoms with E-state index in [-0.39, 0.29) is 11.6 Å². The van der Waals surface area contributed by atoms with Crippen LogP contribution in [0.1, 0.15) is 0 Å². The Bertz CT molecular complexity index is 482. The molecular formula is C13H12FNO. The fraction of sp³-hybridized carbons (Fsp3) is 0.0769. The molecule has 0 atom stereocenters. The highest BCUT2D eigenvalue weighted by Gasteiger charge is 2.07. The second-order valence-corrected chi connectivity index (χ2v) is 3.53. The van der Waals surface area contributed by atoms with Gasteiger partial charge in [0.25, 0.3) is 0 Å². The molecule has 16 heavy (non-hydrogen) atoms. The summed E-state index contributed by atoms with van der Waals surface area (Å²) in [5, 5.41) is 9.17. The first-order valence-corrected chi connectivity index (χ1v) is 4.96. The van der Waals surface area contributed by atoms with Gasteiger partial charge < -0.3 is 10.0 Å². The fourth-order valence-corrected chi connectivity index (χ4v) is 1.54. The molecule has 1 N–H and O–H groups in total. The Kier molecular flexibility index (Phi) is 2.77. The van der Waals surface area contributed by atoms with Crippen LogP contribution in [0, 0.1) is 5.82 Å². The van der Waals surface area contributed by atoms with Crippen molar-refractivity contribution in [3.63, 3.8) is 0 Å². The Balaban J connectivity index is 2.35. The normalized spacial score (nSPS) is 10.1. The lowest BCUT2D eigenvalue weighted by atomic mass is 10.2. The number of para-hydroxylation sites is 1. The molecule has 0 aromatic heterocycles. The van der Waals surface area contributed by atoms with Gasteiger partial charge in [-0.15, -0.1) is 0 Å². The van der Waals surface area contributed by atoms with E-state index in [0.717, 1.165) is 5.69 Å². The van der Waals surface area contributed by atoms with E-state index in [4.69, 9.17) is 0 Å². The van der Waals surface area contributed by atoms with E-state index in [1.807, 2.05) is 0 Å². The van der Waals surface area contributed by atoms with E-state index >= 15 is 0 Å². The number of phenolic OH excluding ortho intramolecular Hbond substituents is 1. The van der Waals surface area contributed by atoms with Gasteiger partial charge in [0.2, 0.25) is 0 Å². The Hall–Kier alpha value is -2.03. The third-order valence-corrected chi connectivity index (χ3v) is 2.45. The number of phenols is 1. The monoisotopic (exact) mass is 217 g/mol. The predicted molar refractivity (Wildman–Crippen MR) is 62.6 cm³/mol. The highest BCUT2D eigenvalue weighted by Crippen LogP contribution is 2.26. The van der Waals surface area contributed by atoms with E-state index in [1.165, 1.54) is 6.07 Å². The van der Waals surface area contributed by atoms with Gasteiger partial charge in [0.05, 0.1) is 5.69 Å². The molecule has 0 spiro atoms. The van der Waals surface area contributed by atoms with Crippen molar-refractivity contribution in [3.8, 4) is 5.75 Å². The largest absolute Gasteiger partial charge is 0.508 e. The lowest BCUT2D eigenvalue weighted by Crippen LogP contribution is -2.10. The minimum atomic E-state index is -0.266. The molecule has 0 saturated carbocycles. The topological polar surface area (TPSA) is 23.5 Å². The molecule has 2 aromatic carbocycles. The Morgan fingerprint density at radius 3 is 2.25 bits per heavy atom. The number of hydrogen-bond acceptors (Lipinski definition) is 2. The van der Waals surface area contributed by atoms with Crippen LogP contribution >= 0.6 is 0 Å². The molecule has 0 aliphatic heterocycles. The summed E-state index contributed by atoms with van der Waals surface area (Å²) in [5.74, 6) is -0.0660. The number of benzene rings is 2. The molecular weight excluding hydrogens is 205 g/mol. The molecule has 0 amide bonds. The Labute approximate surface area is 93.6 Å². The van der Waals surface area contributed by atoms with Gasteiger partial charge in [-0.3, -0.25) is 0 Å². The van der Waals surface area contributed by atoms with Gasteiger partial charge in [-0.2, -0.15) is 0 Å². The van der Waals surface area contributed by atoms with Crippen molar-refractivity contribution in [3.05, 3.63) is 54.3 Å². The van der Waals surface area contributed by atoms with E-state index < -0.39 is 0 Å². The number of anilines is 2. The zero-order valence-electron chi connectivity index (χ0n) is 8.89. The number of rotatable bonds is 2. The molecule has 0 aliphatic carbocycles.